The summed E-state index contributed by atoms with van der Waals surface area (Å²) in [5.74, 6) is 0.0625. The van der Waals surface area contributed by atoms with Crippen LogP contribution in [-0.4, -0.2) is 25.2 Å². The maximum absolute atomic E-state index is 12.8. The molecule has 2 aromatic carbocycles. The van der Waals surface area contributed by atoms with E-state index in [-0.39, 0.29) is 22.2 Å². The van der Waals surface area contributed by atoms with Crippen LogP contribution >= 0.6 is 11.6 Å². The van der Waals surface area contributed by atoms with E-state index < -0.39 is 18.3 Å². The first-order valence-electron chi connectivity index (χ1n) is 7.03. The fourth-order valence-electron chi connectivity index (χ4n) is 2.34. The van der Waals surface area contributed by atoms with Crippen LogP contribution in [0, 0.1) is 0 Å². The van der Waals surface area contributed by atoms with Crippen LogP contribution in [0.5, 0.6) is 5.75 Å². The molecule has 25 heavy (non-hydrogen) atoms. The largest absolute Gasteiger partial charge is 0.508 e. The van der Waals surface area contributed by atoms with E-state index in [0.29, 0.717) is 11.3 Å². The molecule has 0 aliphatic heterocycles. The zero-order valence-corrected chi connectivity index (χ0v) is 13.3. The van der Waals surface area contributed by atoms with Gasteiger partial charge in [-0.15, -0.1) is 5.10 Å². The monoisotopic (exact) mass is 369 g/mol. The Bertz CT molecular complexity index is 908. The summed E-state index contributed by atoms with van der Waals surface area (Å²) >= 11 is 5.97. The second kappa shape index (κ2) is 6.38. The van der Waals surface area contributed by atoms with Gasteiger partial charge in [-0.25, -0.2) is 4.68 Å². The van der Waals surface area contributed by atoms with E-state index in [1.165, 1.54) is 22.9 Å². The molecule has 5 nitrogen and oxygen atoms in total. The molecule has 0 bridgehead atoms. The summed E-state index contributed by atoms with van der Waals surface area (Å²) in [5, 5.41) is 26.7. The average Bonchev–Trinajstić information content (AvgIpc) is 2.98. The van der Waals surface area contributed by atoms with Crippen molar-refractivity contribution in [1.29, 1.82) is 0 Å². The van der Waals surface area contributed by atoms with Gasteiger partial charge in [-0.1, -0.05) is 16.8 Å². The number of rotatable bonds is 3. The minimum Gasteiger partial charge on any atom is -0.508 e. The zero-order chi connectivity index (χ0) is 18.2. The average molecular weight is 370 g/mol. The third kappa shape index (κ3) is 3.31. The Morgan fingerprint density at radius 1 is 1.08 bits per heavy atom. The molecule has 0 aliphatic rings. The van der Waals surface area contributed by atoms with Crippen molar-refractivity contribution in [3.8, 4) is 22.7 Å². The maximum atomic E-state index is 12.8. The van der Waals surface area contributed by atoms with Gasteiger partial charge in [0.05, 0.1) is 28.6 Å². The number of alkyl halides is 3. The van der Waals surface area contributed by atoms with Crippen LogP contribution in [0.3, 0.4) is 0 Å². The first kappa shape index (κ1) is 17.2. The Hall–Kier alpha value is -2.58. The summed E-state index contributed by atoms with van der Waals surface area (Å²) < 4.78 is 39.4. The number of hydrogen-bond donors (Lipinski definition) is 2. The summed E-state index contributed by atoms with van der Waals surface area (Å²) in [6.07, 6.45) is -4.51. The van der Waals surface area contributed by atoms with Crippen LogP contribution < -0.4 is 0 Å². The van der Waals surface area contributed by atoms with Gasteiger partial charge in [0.15, 0.2) is 0 Å². The fourth-order valence-corrected chi connectivity index (χ4v) is 2.60. The molecule has 0 fully saturated rings. The summed E-state index contributed by atoms with van der Waals surface area (Å²) in [4.78, 5) is 0. The molecule has 0 atom stereocenters. The van der Waals surface area contributed by atoms with Crippen molar-refractivity contribution in [3.63, 3.8) is 0 Å². The fraction of sp³-hybridized carbons (Fsp3) is 0.125. The predicted molar refractivity (Wildman–Crippen MR) is 84.4 cm³/mol. The van der Waals surface area contributed by atoms with Crippen molar-refractivity contribution >= 4 is 11.6 Å². The van der Waals surface area contributed by atoms with Crippen LogP contribution in [0.1, 0.15) is 11.3 Å². The molecule has 9 heteroatoms. The number of aliphatic hydroxyl groups is 1. The number of benzene rings is 2. The molecule has 0 spiro atoms. The standard InChI is InChI=1S/C16H11ClF3N3O2/c17-12-7-10(16(18,19)20)3-6-13(12)23-14(8-24)15(21-22-23)9-1-4-11(25)5-2-9/h1-7,24-25H,8H2. The molecule has 130 valence electrons. The molecule has 3 rings (SSSR count). The second-order valence-electron chi connectivity index (χ2n) is 5.17. The lowest BCUT2D eigenvalue weighted by Gasteiger charge is -2.11. The summed E-state index contributed by atoms with van der Waals surface area (Å²) in [5.41, 5.74) is 0.448. The van der Waals surface area contributed by atoms with Crippen molar-refractivity contribution in [3.05, 3.63) is 58.7 Å². The van der Waals surface area contributed by atoms with Crippen LogP contribution in [0.4, 0.5) is 13.2 Å². The lowest BCUT2D eigenvalue weighted by Crippen LogP contribution is -2.08. The number of hydrogen-bond acceptors (Lipinski definition) is 4. The smallest absolute Gasteiger partial charge is 0.416 e. The van der Waals surface area contributed by atoms with Gasteiger partial charge in [0.25, 0.3) is 0 Å². The molecule has 0 radical (unpaired) electrons. The van der Waals surface area contributed by atoms with Crippen molar-refractivity contribution in [2.24, 2.45) is 0 Å². The van der Waals surface area contributed by atoms with Crippen LogP contribution in [0.15, 0.2) is 42.5 Å². The topological polar surface area (TPSA) is 71.2 Å². The van der Waals surface area contributed by atoms with Gasteiger partial charge >= 0.3 is 6.18 Å². The highest BCUT2D eigenvalue weighted by Crippen LogP contribution is 2.34. The number of phenols is 1. The number of aromatic hydroxyl groups is 1. The molecule has 1 heterocycles. The van der Waals surface area contributed by atoms with Gasteiger partial charge in [0.2, 0.25) is 0 Å². The van der Waals surface area contributed by atoms with Crippen molar-refractivity contribution in [2.75, 3.05) is 0 Å². The number of aliphatic hydroxyl groups excluding tert-OH is 1. The van der Waals surface area contributed by atoms with E-state index in [1.807, 2.05) is 0 Å². The van der Waals surface area contributed by atoms with Crippen LogP contribution in [0.25, 0.3) is 16.9 Å². The minimum absolute atomic E-state index is 0.0625. The quantitative estimate of drug-likeness (QED) is 0.736. The van der Waals surface area contributed by atoms with E-state index in [4.69, 9.17) is 11.6 Å². The predicted octanol–water partition coefficient (Wildman–Crippen LogP) is 3.80. The van der Waals surface area contributed by atoms with Crippen molar-refractivity contribution < 1.29 is 23.4 Å². The molecular weight excluding hydrogens is 359 g/mol. The summed E-state index contributed by atoms with van der Waals surface area (Å²) in [6.45, 7) is -0.458. The molecule has 0 saturated heterocycles. The highest BCUT2D eigenvalue weighted by atomic mass is 35.5. The Morgan fingerprint density at radius 3 is 2.32 bits per heavy atom. The van der Waals surface area contributed by atoms with E-state index in [2.05, 4.69) is 10.3 Å². The molecule has 1 aromatic heterocycles. The van der Waals surface area contributed by atoms with Crippen LogP contribution in [0.2, 0.25) is 5.02 Å². The molecule has 0 saturated carbocycles. The van der Waals surface area contributed by atoms with Gasteiger partial charge in [0, 0.05) is 5.56 Å². The van der Waals surface area contributed by atoms with Crippen molar-refractivity contribution in [1.82, 2.24) is 15.0 Å². The Kier molecular flexibility index (Phi) is 4.40. The SMILES string of the molecule is OCc1c(-c2ccc(O)cc2)nnn1-c1ccc(C(F)(F)F)cc1Cl. The van der Waals surface area contributed by atoms with Gasteiger partial charge in [-0.05, 0) is 42.5 Å². The number of nitrogens with zero attached hydrogens (tertiary/aromatic N) is 3. The van der Waals surface area contributed by atoms with E-state index in [1.54, 1.807) is 12.1 Å². The van der Waals surface area contributed by atoms with Crippen LogP contribution in [-0.2, 0) is 12.8 Å². The van der Waals surface area contributed by atoms with E-state index in [9.17, 15) is 23.4 Å². The number of aromatic nitrogens is 3. The van der Waals surface area contributed by atoms with E-state index in [0.717, 1.165) is 12.1 Å². The maximum Gasteiger partial charge on any atom is 0.416 e. The Labute approximate surface area is 144 Å². The van der Waals surface area contributed by atoms with Gasteiger partial charge in [0.1, 0.15) is 11.4 Å². The zero-order valence-electron chi connectivity index (χ0n) is 12.5. The van der Waals surface area contributed by atoms with E-state index >= 15 is 0 Å². The number of phenolic OH excluding ortho intramolecular Hbond substituents is 1. The normalized spacial score (nSPS) is 11.7. The molecule has 3 aromatic rings. The molecule has 0 amide bonds. The number of halogens is 4. The first-order valence-corrected chi connectivity index (χ1v) is 7.41. The van der Waals surface area contributed by atoms with Crippen molar-refractivity contribution in [2.45, 2.75) is 12.8 Å². The lowest BCUT2D eigenvalue weighted by atomic mass is 10.1. The summed E-state index contributed by atoms with van der Waals surface area (Å²) in [6, 6.07) is 8.89. The molecule has 0 unspecified atom stereocenters. The highest BCUT2D eigenvalue weighted by molar-refractivity contribution is 6.32. The second-order valence-corrected chi connectivity index (χ2v) is 5.57. The van der Waals surface area contributed by atoms with Gasteiger partial charge in [-0.3, -0.25) is 0 Å². The molecule has 0 aliphatic carbocycles. The molecule has 2 N–H and O–H groups in total. The third-order valence-electron chi connectivity index (χ3n) is 3.56. The highest BCUT2D eigenvalue weighted by Gasteiger charge is 2.31. The lowest BCUT2D eigenvalue weighted by molar-refractivity contribution is -0.137. The summed E-state index contributed by atoms with van der Waals surface area (Å²) in [7, 11) is 0. The Morgan fingerprint density at radius 2 is 1.76 bits per heavy atom. The first-order chi connectivity index (χ1) is 11.8. The Balaban J connectivity index is 2.08. The minimum atomic E-state index is -4.51. The van der Waals surface area contributed by atoms with Gasteiger partial charge < -0.3 is 10.2 Å². The van der Waals surface area contributed by atoms with Gasteiger partial charge in [-0.2, -0.15) is 13.2 Å². The molecular formula is C16H11ClF3N3O2. The third-order valence-corrected chi connectivity index (χ3v) is 3.86.